The Morgan fingerprint density at radius 1 is 0.971 bits per heavy atom. The maximum Gasteiger partial charge on any atom is 0.290 e. The zero-order valence-electron chi connectivity index (χ0n) is 19.9. The Hall–Kier alpha value is -4.13. The highest BCUT2D eigenvalue weighted by molar-refractivity contribution is 5.99. The van der Waals surface area contributed by atoms with Gasteiger partial charge in [0, 0.05) is 23.1 Å². The Morgan fingerprint density at radius 2 is 1.63 bits per heavy atom. The van der Waals surface area contributed by atoms with E-state index in [1.54, 1.807) is 51.3 Å². The van der Waals surface area contributed by atoms with Crippen LogP contribution in [0.2, 0.25) is 0 Å². The Labute approximate surface area is 203 Å². The summed E-state index contributed by atoms with van der Waals surface area (Å²) in [6, 6.07) is 22.4. The summed E-state index contributed by atoms with van der Waals surface area (Å²) in [4.78, 5) is 28.4. The van der Waals surface area contributed by atoms with Crippen LogP contribution in [0.4, 0.5) is 4.39 Å². The number of furan rings is 1. The van der Waals surface area contributed by atoms with Crippen molar-refractivity contribution in [3.05, 3.63) is 102 Å². The van der Waals surface area contributed by atoms with Gasteiger partial charge in [-0.25, -0.2) is 4.39 Å². The Balaban J connectivity index is 1.64. The molecule has 0 spiro atoms. The number of nitrogens with one attached hydrogen (secondary N) is 1. The van der Waals surface area contributed by atoms with Crippen LogP contribution in [-0.4, -0.2) is 29.4 Å². The van der Waals surface area contributed by atoms with E-state index < -0.39 is 23.2 Å². The number of hydrogen-bond acceptors (Lipinski definition) is 4. The van der Waals surface area contributed by atoms with Gasteiger partial charge in [0.15, 0.2) is 5.76 Å². The number of amides is 2. The van der Waals surface area contributed by atoms with Crippen molar-refractivity contribution >= 4 is 22.8 Å². The molecule has 0 aliphatic heterocycles. The first-order valence-corrected chi connectivity index (χ1v) is 11.3. The molecule has 1 aromatic heterocycles. The molecule has 0 atom stereocenters. The van der Waals surface area contributed by atoms with Crippen molar-refractivity contribution in [3.8, 4) is 5.75 Å². The fraction of sp³-hybridized carbons (Fsp3) is 0.214. The Kier molecular flexibility index (Phi) is 6.87. The third-order valence-electron chi connectivity index (χ3n) is 6.03. The van der Waals surface area contributed by atoms with E-state index >= 15 is 0 Å². The van der Waals surface area contributed by atoms with Crippen LogP contribution in [0.25, 0.3) is 11.0 Å². The van der Waals surface area contributed by atoms with E-state index in [1.807, 2.05) is 42.5 Å². The number of halogens is 1. The second-order valence-electron chi connectivity index (χ2n) is 8.68. The molecule has 0 fully saturated rings. The van der Waals surface area contributed by atoms with Gasteiger partial charge in [-0.15, -0.1) is 0 Å². The highest BCUT2D eigenvalue weighted by Crippen LogP contribution is 2.27. The zero-order valence-corrected chi connectivity index (χ0v) is 19.9. The van der Waals surface area contributed by atoms with Gasteiger partial charge < -0.3 is 19.4 Å². The zero-order chi connectivity index (χ0) is 25.0. The predicted molar refractivity (Wildman–Crippen MR) is 131 cm³/mol. The van der Waals surface area contributed by atoms with Gasteiger partial charge in [0.25, 0.3) is 5.91 Å². The highest BCUT2D eigenvalue weighted by Gasteiger charge is 2.39. The molecule has 0 aliphatic carbocycles. The number of hydrogen-bond donors (Lipinski definition) is 1. The third-order valence-corrected chi connectivity index (χ3v) is 6.03. The molecule has 35 heavy (non-hydrogen) atoms. The van der Waals surface area contributed by atoms with E-state index in [9.17, 15) is 14.0 Å². The minimum absolute atomic E-state index is 0.0770. The first-order valence-electron chi connectivity index (χ1n) is 11.3. The number of nitrogens with zero attached hydrogens (tertiary/aromatic N) is 1. The summed E-state index contributed by atoms with van der Waals surface area (Å²) in [5.74, 6) is -0.647. The number of para-hydroxylation sites is 2. The first-order chi connectivity index (χ1) is 16.8. The SMILES string of the molecule is COc1ccccc1CNC(=O)C(C)(C)N(Cc1ccccc1F)C(=O)c1cc2ccccc2o1. The Bertz CT molecular complexity index is 1330. The summed E-state index contributed by atoms with van der Waals surface area (Å²) in [7, 11) is 1.56. The monoisotopic (exact) mass is 474 g/mol. The van der Waals surface area contributed by atoms with Gasteiger partial charge in [-0.05, 0) is 38.1 Å². The molecular formula is C28H27FN2O4. The van der Waals surface area contributed by atoms with E-state index in [0.717, 1.165) is 10.9 Å². The second-order valence-corrected chi connectivity index (χ2v) is 8.68. The molecule has 0 saturated carbocycles. The summed E-state index contributed by atoms with van der Waals surface area (Å²) in [6.07, 6.45) is 0. The van der Waals surface area contributed by atoms with E-state index in [0.29, 0.717) is 16.9 Å². The highest BCUT2D eigenvalue weighted by atomic mass is 19.1. The topological polar surface area (TPSA) is 71.8 Å². The lowest BCUT2D eigenvalue weighted by Gasteiger charge is -2.37. The van der Waals surface area contributed by atoms with E-state index in [1.165, 1.54) is 11.0 Å². The molecule has 6 nitrogen and oxygen atoms in total. The molecule has 7 heteroatoms. The molecule has 180 valence electrons. The van der Waals surface area contributed by atoms with Gasteiger partial charge in [-0.3, -0.25) is 9.59 Å². The fourth-order valence-corrected chi connectivity index (χ4v) is 3.90. The van der Waals surface area contributed by atoms with Crippen molar-refractivity contribution in [1.82, 2.24) is 10.2 Å². The molecular weight excluding hydrogens is 447 g/mol. The minimum Gasteiger partial charge on any atom is -0.496 e. The number of carbonyl (C=O) groups excluding carboxylic acids is 2. The lowest BCUT2D eigenvalue weighted by atomic mass is 9.99. The van der Waals surface area contributed by atoms with Crippen molar-refractivity contribution in [3.63, 3.8) is 0 Å². The smallest absolute Gasteiger partial charge is 0.290 e. The molecule has 0 bridgehead atoms. The summed E-state index contributed by atoms with van der Waals surface area (Å²) in [5.41, 5.74) is 0.312. The fourth-order valence-electron chi connectivity index (χ4n) is 3.90. The molecule has 3 aromatic carbocycles. The standard InChI is InChI=1S/C28H27FN2O4/c1-28(2,27(33)30-17-20-11-6-8-14-23(20)34-3)31(18-21-12-4-7-13-22(21)29)26(32)25-16-19-10-5-9-15-24(19)35-25/h4-16H,17-18H2,1-3H3,(H,30,33). The number of rotatable bonds is 8. The van der Waals surface area contributed by atoms with Crippen LogP contribution < -0.4 is 10.1 Å². The summed E-state index contributed by atoms with van der Waals surface area (Å²) in [6.45, 7) is 3.36. The van der Waals surface area contributed by atoms with Gasteiger partial charge >= 0.3 is 0 Å². The summed E-state index contributed by atoms with van der Waals surface area (Å²) < 4.78 is 25.7. The lowest BCUT2D eigenvalue weighted by Crippen LogP contribution is -2.56. The van der Waals surface area contributed by atoms with Crippen LogP contribution in [0.15, 0.2) is 83.3 Å². The van der Waals surface area contributed by atoms with Crippen LogP contribution in [-0.2, 0) is 17.9 Å². The van der Waals surface area contributed by atoms with Crippen LogP contribution >= 0.6 is 0 Å². The van der Waals surface area contributed by atoms with Gasteiger partial charge in [-0.2, -0.15) is 0 Å². The lowest BCUT2D eigenvalue weighted by molar-refractivity contribution is -0.130. The molecule has 4 rings (SSSR count). The van der Waals surface area contributed by atoms with E-state index in [4.69, 9.17) is 9.15 Å². The predicted octanol–water partition coefficient (Wildman–Crippen LogP) is 5.32. The molecule has 1 N–H and O–H groups in total. The molecule has 0 unspecified atom stereocenters. The van der Waals surface area contributed by atoms with Crippen molar-refractivity contribution in [2.24, 2.45) is 0 Å². The maximum atomic E-state index is 14.5. The van der Waals surface area contributed by atoms with Crippen LogP contribution in [0.5, 0.6) is 5.75 Å². The van der Waals surface area contributed by atoms with Gasteiger partial charge in [0.2, 0.25) is 5.91 Å². The number of carbonyl (C=O) groups is 2. The third kappa shape index (κ3) is 5.04. The van der Waals surface area contributed by atoms with Crippen LogP contribution in [0.1, 0.15) is 35.5 Å². The normalized spacial score (nSPS) is 11.3. The summed E-state index contributed by atoms with van der Waals surface area (Å²) >= 11 is 0. The van der Waals surface area contributed by atoms with Gasteiger partial charge in [-0.1, -0.05) is 54.6 Å². The molecule has 0 radical (unpaired) electrons. The molecule has 4 aromatic rings. The number of methoxy groups -OCH3 is 1. The second kappa shape index (κ2) is 10.0. The van der Waals surface area contributed by atoms with Crippen molar-refractivity contribution in [2.75, 3.05) is 7.11 Å². The average molecular weight is 475 g/mol. The number of ether oxygens (including phenoxy) is 1. The Morgan fingerprint density at radius 3 is 2.34 bits per heavy atom. The largest absolute Gasteiger partial charge is 0.496 e. The van der Waals surface area contributed by atoms with E-state index in [2.05, 4.69) is 5.32 Å². The van der Waals surface area contributed by atoms with Crippen molar-refractivity contribution in [1.29, 1.82) is 0 Å². The quantitative estimate of drug-likeness (QED) is 0.375. The number of fused-ring (bicyclic) bond motifs is 1. The van der Waals surface area contributed by atoms with Gasteiger partial charge in [0.1, 0.15) is 22.7 Å². The van der Waals surface area contributed by atoms with Crippen molar-refractivity contribution < 1.29 is 23.1 Å². The average Bonchev–Trinajstić information content (AvgIpc) is 3.31. The van der Waals surface area contributed by atoms with Crippen molar-refractivity contribution in [2.45, 2.75) is 32.5 Å². The van der Waals surface area contributed by atoms with E-state index in [-0.39, 0.29) is 18.8 Å². The molecule has 2 amide bonds. The first kappa shape index (κ1) is 24.0. The molecule has 0 aliphatic rings. The minimum atomic E-state index is -1.33. The molecule has 1 heterocycles. The molecule has 0 saturated heterocycles. The van der Waals surface area contributed by atoms with Crippen LogP contribution in [0, 0.1) is 5.82 Å². The number of benzene rings is 3. The van der Waals surface area contributed by atoms with Crippen LogP contribution in [0.3, 0.4) is 0 Å². The maximum absolute atomic E-state index is 14.5. The summed E-state index contributed by atoms with van der Waals surface area (Å²) in [5, 5.41) is 3.65. The van der Waals surface area contributed by atoms with Gasteiger partial charge in [0.05, 0.1) is 13.7 Å².